The molecule has 4 heteroatoms. The number of benzene rings is 1. The number of carbonyl (C=O) groups excluding carboxylic acids is 1. The SMILES string of the molecule is Cc1ccsc1C(=O)N[C@@H]1CCOc2ccccc21. The van der Waals surface area contributed by atoms with Gasteiger partial charge in [-0.25, -0.2) is 0 Å². The van der Waals surface area contributed by atoms with Crippen LogP contribution in [0.25, 0.3) is 0 Å². The molecule has 3 rings (SSSR count). The predicted molar refractivity (Wildman–Crippen MR) is 75.8 cm³/mol. The summed E-state index contributed by atoms with van der Waals surface area (Å²) < 4.78 is 5.60. The smallest absolute Gasteiger partial charge is 0.262 e. The van der Waals surface area contributed by atoms with Crippen LogP contribution < -0.4 is 10.1 Å². The van der Waals surface area contributed by atoms with Gasteiger partial charge in [-0.05, 0) is 30.0 Å². The summed E-state index contributed by atoms with van der Waals surface area (Å²) in [7, 11) is 0. The fraction of sp³-hybridized carbons (Fsp3) is 0.267. The molecule has 1 amide bonds. The molecule has 0 radical (unpaired) electrons. The lowest BCUT2D eigenvalue weighted by Crippen LogP contribution is -2.32. The molecule has 1 atom stereocenters. The zero-order valence-electron chi connectivity index (χ0n) is 10.7. The van der Waals surface area contributed by atoms with E-state index in [1.54, 1.807) is 0 Å². The Balaban J connectivity index is 1.82. The molecular formula is C15H15NO2S. The number of aryl methyl sites for hydroxylation is 1. The van der Waals surface area contributed by atoms with E-state index in [4.69, 9.17) is 4.74 Å². The van der Waals surface area contributed by atoms with E-state index in [9.17, 15) is 4.79 Å². The highest BCUT2D eigenvalue weighted by atomic mass is 32.1. The molecule has 3 nitrogen and oxygen atoms in total. The molecule has 1 aromatic heterocycles. The number of carbonyl (C=O) groups is 1. The molecule has 0 fully saturated rings. The Kier molecular flexibility index (Phi) is 3.25. The van der Waals surface area contributed by atoms with Gasteiger partial charge in [0.2, 0.25) is 0 Å². The highest BCUT2D eigenvalue weighted by Gasteiger charge is 2.23. The zero-order valence-corrected chi connectivity index (χ0v) is 11.5. The van der Waals surface area contributed by atoms with Gasteiger partial charge in [0.1, 0.15) is 5.75 Å². The molecule has 0 saturated carbocycles. The van der Waals surface area contributed by atoms with Crippen molar-refractivity contribution in [3.8, 4) is 5.75 Å². The molecule has 19 heavy (non-hydrogen) atoms. The van der Waals surface area contributed by atoms with Crippen molar-refractivity contribution in [2.75, 3.05) is 6.61 Å². The minimum atomic E-state index is 0.00852. The Hall–Kier alpha value is -1.81. The largest absolute Gasteiger partial charge is 0.493 e. The number of fused-ring (bicyclic) bond motifs is 1. The summed E-state index contributed by atoms with van der Waals surface area (Å²) in [5.41, 5.74) is 2.10. The maximum Gasteiger partial charge on any atom is 0.262 e. The van der Waals surface area contributed by atoms with Gasteiger partial charge >= 0.3 is 0 Å². The molecule has 2 aromatic rings. The Bertz CT molecular complexity index is 606. The number of hydrogen-bond acceptors (Lipinski definition) is 3. The lowest BCUT2D eigenvalue weighted by Gasteiger charge is -2.26. The number of hydrogen-bond donors (Lipinski definition) is 1. The van der Waals surface area contributed by atoms with Crippen LogP contribution in [-0.2, 0) is 0 Å². The number of nitrogens with one attached hydrogen (secondary N) is 1. The molecule has 1 aromatic carbocycles. The minimum absolute atomic E-state index is 0.00852. The Morgan fingerprint density at radius 1 is 1.37 bits per heavy atom. The summed E-state index contributed by atoms with van der Waals surface area (Å²) in [6.07, 6.45) is 0.813. The third-order valence-electron chi connectivity index (χ3n) is 3.33. The van der Waals surface area contributed by atoms with Gasteiger partial charge in [-0.15, -0.1) is 11.3 Å². The number of rotatable bonds is 2. The molecule has 0 spiro atoms. The number of amides is 1. The molecule has 1 aliphatic rings. The quantitative estimate of drug-likeness (QED) is 0.911. The van der Waals surface area contributed by atoms with Crippen molar-refractivity contribution in [3.05, 3.63) is 51.7 Å². The lowest BCUT2D eigenvalue weighted by atomic mass is 10.0. The average Bonchev–Trinajstić information content (AvgIpc) is 2.85. The summed E-state index contributed by atoms with van der Waals surface area (Å²) in [5, 5.41) is 5.06. The van der Waals surface area contributed by atoms with Crippen LogP contribution in [0.15, 0.2) is 35.7 Å². The first kappa shape index (κ1) is 12.2. The van der Waals surface area contributed by atoms with E-state index in [1.807, 2.05) is 42.6 Å². The summed E-state index contributed by atoms with van der Waals surface area (Å²) in [6.45, 7) is 2.61. The molecule has 0 bridgehead atoms. The van der Waals surface area contributed by atoms with Gasteiger partial charge in [0.05, 0.1) is 17.5 Å². The standard InChI is InChI=1S/C15H15NO2S/c1-10-7-9-19-14(10)15(17)16-12-6-8-18-13-5-3-2-4-11(12)13/h2-5,7,9,12H,6,8H2,1H3,(H,16,17)/t12-/m1/s1. The van der Waals surface area contributed by atoms with Crippen LogP contribution in [0.2, 0.25) is 0 Å². The number of thiophene rings is 1. The molecule has 1 aliphatic heterocycles. The van der Waals surface area contributed by atoms with Gasteiger partial charge in [0.15, 0.2) is 0 Å². The monoisotopic (exact) mass is 273 g/mol. The van der Waals surface area contributed by atoms with Crippen LogP contribution in [0.3, 0.4) is 0 Å². The van der Waals surface area contributed by atoms with Gasteiger partial charge < -0.3 is 10.1 Å². The molecule has 0 unspecified atom stereocenters. The van der Waals surface area contributed by atoms with E-state index >= 15 is 0 Å². The van der Waals surface area contributed by atoms with Crippen LogP contribution in [0.5, 0.6) is 5.75 Å². The first-order valence-corrected chi connectivity index (χ1v) is 7.20. The molecule has 2 heterocycles. The van der Waals surface area contributed by atoms with Gasteiger partial charge in [-0.2, -0.15) is 0 Å². The van der Waals surface area contributed by atoms with Crippen molar-refractivity contribution in [3.63, 3.8) is 0 Å². The predicted octanol–water partition coefficient (Wildman–Crippen LogP) is 3.31. The van der Waals surface area contributed by atoms with Crippen LogP contribution in [0, 0.1) is 6.92 Å². The van der Waals surface area contributed by atoms with Crippen LogP contribution in [0.1, 0.15) is 33.3 Å². The number of para-hydroxylation sites is 1. The van der Waals surface area contributed by atoms with Crippen molar-refractivity contribution in [2.24, 2.45) is 0 Å². The first-order chi connectivity index (χ1) is 9.25. The molecule has 98 valence electrons. The van der Waals surface area contributed by atoms with E-state index < -0.39 is 0 Å². The van der Waals surface area contributed by atoms with Crippen LogP contribution >= 0.6 is 11.3 Å². The fourth-order valence-electron chi connectivity index (χ4n) is 2.32. The second-order valence-corrected chi connectivity index (χ2v) is 5.55. The zero-order chi connectivity index (χ0) is 13.2. The van der Waals surface area contributed by atoms with E-state index in [0.29, 0.717) is 6.61 Å². The minimum Gasteiger partial charge on any atom is -0.493 e. The Morgan fingerprint density at radius 3 is 3.00 bits per heavy atom. The first-order valence-electron chi connectivity index (χ1n) is 6.32. The van der Waals surface area contributed by atoms with Crippen LogP contribution in [-0.4, -0.2) is 12.5 Å². The van der Waals surface area contributed by atoms with E-state index in [2.05, 4.69) is 5.32 Å². The molecule has 0 aliphatic carbocycles. The highest BCUT2D eigenvalue weighted by Crippen LogP contribution is 2.32. The second-order valence-electron chi connectivity index (χ2n) is 4.63. The van der Waals surface area contributed by atoms with Crippen molar-refractivity contribution < 1.29 is 9.53 Å². The molecular weight excluding hydrogens is 258 g/mol. The van der Waals surface area contributed by atoms with E-state index in [0.717, 1.165) is 28.2 Å². The van der Waals surface area contributed by atoms with E-state index in [-0.39, 0.29) is 11.9 Å². The summed E-state index contributed by atoms with van der Waals surface area (Å²) in [5.74, 6) is 0.885. The van der Waals surface area contributed by atoms with Gasteiger partial charge in [0, 0.05) is 12.0 Å². The topological polar surface area (TPSA) is 38.3 Å². The highest BCUT2D eigenvalue weighted by molar-refractivity contribution is 7.12. The summed E-state index contributed by atoms with van der Waals surface area (Å²) in [4.78, 5) is 13.1. The lowest BCUT2D eigenvalue weighted by molar-refractivity contribution is 0.0928. The van der Waals surface area contributed by atoms with Crippen LogP contribution in [0.4, 0.5) is 0 Å². The second kappa shape index (κ2) is 5.05. The molecule has 1 N–H and O–H groups in total. The van der Waals surface area contributed by atoms with Gasteiger partial charge in [0.25, 0.3) is 5.91 Å². The summed E-state index contributed by atoms with van der Waals surface area (Å²) >= 11 is 1.48. The van der Waals surface area contributed by atoms with Crippen molar-refractivity contribution in [1.82, 2.24) is 5.32 Å². The van der Waals surface area contributed by atoms with Gasteiger partial charge in [-0.3, -0.25) is 4.79 Å². The van der Waals surface area contributed by atoms with Crippen molar-refractivity contribution in [1.29, 1.82) is 0 Å². The fourth-order valence-corrected chi connectivity index (χ4v) is 3.15. The summed E-state index contributed by atoms with van der Waals surface area (Å²) in [6, 6.07) is 9.90. The third kappa shape index (κ3) is 2.36. The number of ether oxygens (including phenoxy) is 1. The van der Waals surface area contributed by atoms with Gasteiger partial charge in [-0.1, -0.05) is 18.2 Å². The maximum atomic E-state index is 12.3. The molecule has 0 saturated heterocycles. The average molecular weight is 273 g/mol. The normalized spacial score (nSPS) is 17.4. The Labute approximate surface area is 116 Å². The maximum absolute atomic E-state index is 12.3. The Morgan fingerprint density at radius 2 is 2.21 bits per heavy atom. The van der Waals surface area contributed by atoms with Crippen molar-refractivity contribution in [2.45, 2.75) is 19.4 Å². The van der Waals surface area contributed by atoms with E-state index in [1.165, 1.54) is 11.3 Å². The third-order valence-corrected chi connectivity index (χ3v) is 4.35. The van der Waals surface area contributed by atoms with Crippen molar-refractivity contribution >= 4 is 17.2 Å².